The second kappa shape index (κ2) is 13.0. The second-order valence-electron chi connectivity index (χ2n) is 13.9. The highest BCUT2D eigenvalue weighted by atomic mass is 15.2. The van der Waals surface area contributed by atoms with Gasteiger partial charge in [-0.3, -0.25) is 9.55 Å². The lowest BCUT2D eigenvalue weighted by molar-refractivity contribution is 0.953. The molecule has 56 heavy (non-hydrogen) atoms. The Morgan fingerprint density at radius 2 is 0.911 bits per heavy atom. The number of fused-ring (bicyclic) bond motifs is 7. The SMILES string of the molecule is c1ccc(-c2nc(-c3ccccc3)nc(-n3c4ccccc4c4ccc5c6cc(-c7cccc(-c8ccccn8)c7)ccc6n(-c6ccccc6)c5c43)n2)cc1. The van der Waals surface area contributed by atoms with Crippen LogP contribution in [0.1, 0.15) is 0 Å². The molecule has 0 aliphatic carbocycles. The Labute approximate surface area is 322 Å². The Kier molecular flexibility index (Phi) is 7.38. The van der Waals surface area contributed by atoms with Crippen molar-refractivity contribution in [3.8, 4) is 56.8 Å². The Balaban J connectivity index is 1.24. The second-order valence-corrected chi connectivity index (χ2v) is 13.9. The Morgan fingerprint density at radius 1 is 0.339 bits per heavy atom. The quantitative estimate of drug-likeness (QED) is 0.172. The lowest BCUT2D eigenvalue weighted by Crippen LogP contribution is -2.07. The van der Waals surface area contributed by atoms with E-state index in [1.165, 1.54) is 0 Å². The zero-order chi connectivity index (χ0) is 37.0. The molecule has 6 heteroatoms. The van der Waals surface area contributed by atoms with Crippen LogP contribution in [0.25, 0.3) is 100 Å². The normalized spacial score (nSPS) is 11.6. The summed E-state index contributed by atoms with van der Waals surface area (Å²) in [6, 6.07) is 65.5. The molecular weight excluding hydrogens is 685 g/mol. The molecule has 0 atom stereocenters. The minimum atomic E-state index is 0.563. The van der Waals surface area contributed by atoms with E-state index >= 15 is 0 Å². The van der Waals surface area contributed by atoms with Crippen molar-refractivity contribution in [1.82, 2.24) is 29.1 Å². The van der Waals surface area contributed by atoms with Crippen LogP contribution in [0.2, 0.25) is 0 Å². The Morgan fingerprint density at radius 3 is 1.62 bits per heavy atom. The molecule has 4 heterocycles. The number of para-hydroxylation sites is 2. The molecule has 0 aliphatic rings. The van der Waals surface area contributed by atoms with Crippen LogP contribution >= 0.6 is 0 Å². The average Bonchev–Trinajstić information content (AvgIpc) is 3.80. The van der Waals surface area contributed by atoms with E-state index in [2.05, 4.69) is 154 Å². The predicted molar refractivity (Wildman–Crippen MR) is 228 cm³/mol. The molecule has 0 spiro atoms. The molecule has 0 saturated heterocycles. The van der Waals surface area contributed by atoms with Crippen molar-refractivity contribution in [2.24, 2.45) is 0 Å². The average molecular weight is 717 g/mol. The maximum Gasteiger partial charge on any atom is 0.238 e. The molecule has 0 fully saturated rings. The van der Waals surface area contributed by atoms with E-state index in [1.807, 2.05) is 54.7 Å². The summed E-state index contributed by atoms with van der Waals surface area (Å²) in [7, 11) is 0. The maximum atomic E-state index is 5.25. The van der Waals surface area contributed by atoms with Crippen molar-refractivity contribution in [2.75, 3.05) is 0 Å². The van der Waals surface area contributed by atoms with Crippen LogP contribution in [0.15, 0.2) is 194 Å². The monoisotopic (exact) mass is 716 g/mol. The highest BCUT2D eigenvalue weighted by molar-refractivity contribution is 6.24. The fourth-order valence-electron chi connectivity index (χ4n) is 8.07. The minimum Gasteiger partial charge on any atom is -0.307 e. The Hall–Kier alpha value is -7.70. The van der Waals surface area contributed by atoms with E-state index in [-0.39, 0.29) is 0 Å². The van der Waals surface area contributed by atoms with Crippen LogP contribution < -0.4 is 0 Å². The van der Waals surface area contributed by atoms with Gasteiger partial charge < -0.3 is 4.57 Å². The molecule has 0 amide bonds. The van der Waals surface area contributed by atoms with Gasteiger partial charge in [-0.05, 0) is 59.7 Å². The van der Waals surface area contributed by atoms with E-state index < -0.39 is 0 Å². The Bertz CT molecular complexity index is 3170. The third-order valence-electron chi connectivity index (χ3n) is 10.6. The largest absolute Gasteiger partial charge is 0.307 e. The van der Waals surface area contributed by atoms with Crippen LogP contribution in [0.5, 0.6) is 0 Å². The molecule has 7 aromatic carbocycles. The first-order valence-electron chi connectivity index (χ1n) is 18.7. The van der Waals surface area contributed by atoms with Crippen molar-refractivity contribution >= 4 is 43.6 Å². The molecule has 0 N–H and O–H groups in total. The molecule has 262 valence electrons. The summed E-state index contributed by atoms with van der Waals surface area (Å²) < 4.78 is 4.64. The van der Waals surface area contributed by atoms with Crippen molar-refractivity contribution in [1.29, 1.82) is 0 Å². The molecule has 0 unspecified atom stereocenters. The number of hydrogen-bond acceptors (Lipinski definition) is 4. The van der Waals surface area contributed by atoms with Gasteiger partial charge >= 0.3 is 0 Å². The third kappa shape index (κ3) is 5.19. The van der Waals surface area contributed by atoms with Gasteiger partial charge in [0, 0.05) is 50.1 Å². The van der Waals surface area contributed by atoms with Gasteiger partial charge in [0.05, 0.1) is 27.8 Å². The standard InChI is InChI=1S/C50H32N6/c1-4-15-33(16-5-1)48-52-49(34-17-6-2-7-18-34)54-50(53-48)56-44-25-11-10-23-39(44)40-27-28-41-42-32-36(35-19-14-20-37(31-35)43-24-12-13-30-51-43)26-29-45(42)55(46(41)47(40)56)38-21-8-3-9-22-38/h1-32H. The van der Waals surface area contributed by atoms with Gasteiger partial charge in [0.2, 0.25) is 5.95 Å². The van der Waals surface area contributed by atoms with Gasteiger partial charge in [-0.1, -0.05) is 140 Å². The van der Waals surface area contributed by atoms with Gasteiger partial charge in [0.15, 0.2) is 11.6 Å². The summed E-state index contributed by atoms with van der Waals surface area (Å²) in [4.78, 5) is 20.1. The number of nitrogens with zero attached hydrogens (tertiary/aromatic N) is 6. The zero-order valence-corrected chi connectivity index (χ0v) is 30.2. The van der Waals surface area contributed by atoms with Crippen molar-refractivity contribution in [3.63, 3.8) is 0 Å². The molecule has 0 aliphatic heterocycles. The van der Waals surface area contributed by atoms with E-state index in [9.17, 15) is 0 Å². The van der Waals surface area contributed by atoms with E-state index in [4.69, 9.17) is 15.0 Å². The number of hydrogen-bond donors (Lipinski definition) is 0. The van der Waals surface area contributed by atoms with Gasteiger partial charge in [-0.2, -0.15) is 9.97 Å². The van der Waals surface area contributed by atoms with Crippen molar-refractivity contribution < 1.29 is 0 Å². The molecule has 0 saturated carbocycles. The summed E-state index contributed by atoms with van der Waals surface area (Å²) in [5.41, 5.74) is 11.5. The van der Waals surface area contributed by atoms with Crippen LogP contribution in [0.4, 0.5) is 0 Å². The van der Waals surface area contributed by atoms with Crippen molar-refractivity contribution in [2.45, 2.75) is 0 Å². The first-order chi connectivity index (χ1) is 27.8. The van der Waals surface area contributed by atoms with Gasteiger partial charge in [-0.25, -0.2) is 4.98 Å². The molecule has 11 aromatic rings. The third-order valence-corrected chi connectivity index (χ3v) is 10.6. The molecular formula is C50H32N6. The number of aromatic nitrogens is 6. The topological polar surface area (TPSA) is 61.4 Å². The molecule has 6 nitrogen and oxygen atoms in total. The summed E-state index contributed by atoms with van der Waals surface area (Å²) in [5, 5.41) is 4.56. The van der Waals surface area contributed by atoms with Crippen LogP contribution in [0, 0.1) is 0 Å². The first kappa shape index (κ1) is 31.8. The van der Waals surface area contributed by atoms with E-state index in [0.717, 1.165) is 82.8 Å². The molecule has 0 radical (unpaired) electrons. The van der Waals surface area contributed by atoms with Gasteiger partial charge in [0.25, 0.3) is 0 Å². The summed E-state index contributed by atoms with van der Waals surface area (Å²) in [6.07, 6.45) is 1.84. The van der Waals surface area contributed by atoms with Crippen LogP contribution in [0.3, 0.4) is 0 Å². The van der Waals surface area contributed by atoms with Gasteiger partial charge in [0.1, 0.15) is 0 Å². The van der Waals surface area contributed by atoms with E-state index in [1.54, 1.807) is 0 Å². The van der Waals surface area contributed by atoms with E-state index in [0.29, 0.717) is 17.6 Å². The van der Waals surface area contributed by atoms with Crippen LogP contribution in [-0.2, 0) is 0 Å². The fraction of sp³-hybridized carbons (Fsp3) is 0. The fourth-order valence-corrected chi connectivity index (χ4v) is 8.07. The first-order valence-corrected chi connectivity index (χ1v) is 18.7. The molecule has 0 bridgehead atoms. The maximum absolute atomic E-state index is 5.25. The highest BCUT2D eigenvalue weighted by Crippen LogP contribution is 2.42. The number of rotatable bonds is 6. The summed E-state index contributed by atoms with van der Waals surface area (Å²) in [6.45, 7) is 0. The minimum absolute atomic E-state index is 0.563. The smallest absolute Gasteiger partial charge is 0.238 e. The number of benzene rings is 7. The molecule has 4 aromatic heterocycles. The lowest BCUT2D eigenvalue weighted by atomic mass is 9.99. The predicted octanol–water partition coefficient (Wildman–Crippen LogP) is 12.1. The van der Waals surface area contributed by atoms with Crippen molar-refractivity contribution in [3.05, 3.63) is 194 Å². The summed E-state index contributed by atoms with van der Waals surface area (Å²) in [5.74, 6) is 1.80. The lowest BCUT2D eigenvalue weighted by Gasteiger charge is -2.13. The number of pyridine rings is 1. The van der Waals surface area contributed by atoms with Gasteiger partial charge in [-0.15, -0.1) is 0 Å². The van der Waals surface area contributed by atoms with Crippen LogP contribution in [-0.4, -0.2) is 29.1 Å². The summed E-state index contributed by atoms with van der Waals surface area (Å²) >= 11 is 0. The zero-order valence-electron chi connectivity index (χ0n) is 30.2. The highest BCUT2D eigenvalue weighted by Gasteiger charge is 2.24. The molecule has 11 rings (SSSR count).